The highest BCUT2D eigenvalue weighted by Gasteiger charge is 2.15. The summed E-state index contributed by atoms with van der Waals surface area (Å²) in [6.07, 6.45) is 0.277. The largest absolute Gasteiger partial charge is 0.497 e. The Labute approximate surface area is 178 Å². The third kappa shape index (κ3) is 4.50. The maximum atomic E-state index is 12.4. The predicted octanol–water partition coefficient (Wildman–Crippen LogP) is 4.44. The SMILES string of the molecule is COc1ccc2c(C)c(CCC(=O)OCc3cc(-c4ccccc4)on3)c(=O)oc2c1. The number of methoxy groups -OCH3 is 1. The number of esters is 1. The molecule has 7 heteroatoms. The molecular formula is C24H21NO6. The lowest BCUT2D eigenvalue weighted by molar-refractivity contribution is -0.145. The molecule has 0 unspecified atom stereocenters. The van der Waals surface area contributed by atoms with E-state index in [2.05, 4.69) is 5.16 Å². The smallest absolute Gasteiger partial charge is 0.339 e. The van der Waals surface area contributed by atoms with Crippen molar-refractivity contribution in [3.8, 4) is 17.1 Å². The average Bonchev–Trinajstić information content (AvgIpc) is 3.27. The molecule has 0 spiro atoms. The Morgan fingerprint density at radius 2 is 1.90 bits per heavy atom. The van der Waals surface area contributed by atoms with Gasteiger partial charge in [0.15, 0.2) is 5.76 Å². The highest BCUT2D eigenvalue weighted by Crippen LogP contribution is 2.24. The van der Waals surface area contributed by atoms with Crippen molar-refractivity contribution < 1.29 is 23.2 Å². The van der Waals surface area contributed by atoms with Gasteiger partial charge in [-0.05, 0) is 31.0 Å². The Hall–Kier alpha value is -3.87. The molecule has 2 heterocycles. The van der Waals surface area contributed by atoms with E-state index >= 15 is 0 Å². The third-order valence-electron chi connectivity index (χ3n) is 5.07. The van der Waals surface area contributed by atoms with Crippen molar-refractivity contribution in [2.45, 2.75) is 26.4 Å². The molecule has 0 aliphatic heterocycles. The number of aryl methyl sites for hydroxylation is 1. The number of rotatable bonds is 7. The predicted molar refractivity (Wildman–Crippen MR) is 114 cm³/mol. The van der Waals surface area contributed by atoms with E-state index in [9.17, 15) is 9.59 Å². The van der Waals surface area contributed by atoms with Gasteiger partial charge in [0, 0.05) is 35.1 Å². The van der Waals surface area contributed by atoms with Gasteiger partial charge in [-0.25, -0.2) is 4.79 Å². The topological polar surface area (TPSA) is 91.8 Å². The Kier molecular flexibility index (Phi) is 5.84. The molecule has 2 aromatic heterocycles. The van der Waals surface area contributed by atoms with E-state index in [-0.39, 0.29) is 19.4 Å². The molecular weight excluding hydrogens is 398 g/mol. The van der Waals surface area contributed by atoms with Crippen molar-refractivity contribution in [2.75, 3.05) is 7.11 Å². The van der Waals surface area contributed by atoms with Crippen LogP contribution in [0.25, 0.3) is 22.3 Å². The quantitative estimate of drug-likeness (QED) is 0.323. The highest BCUT2D eigenvalue weighted by atomic mass is 16.5. The van der Waals surface area contributed by atoms with Crippen molar-refractivity contribution >= 4 is 16.9 Å². The van der Waals surface area contributed by atoms with Crippen LogP contribution in [-0.2, 0) is 22.6 Å². The molecule has 0 saturated carbocycles. The maximum Gasteiger partial charge on any atom is 0.339 e. The first-order chi connectivity index (χ1) is 15.0. The molecule has 31 heavy (non-hydrogen) atoms. The number of hydrogen-bond donors (Lipinski definition) is 0. The number of aromatic nitrogens is 1. The van der Waals surface area contributed by atoms with Gasteiger partial charge in [0.2, 0.25) is 0 Å². The van der Waals surface area contributed by atoms with Crippen LogP contribution in [0.5, 0.6) is 5.75 Å². The number of ether oxygens (including phenoxy) is 2. The second-order valence-electron chi connectivity index (χ2n) is 7.06. The number of nitrogens with zero attached hydrogens (tertiary/aromatic N) is 1. The fraction of sp³-hybridized carbons (Fsp3) is 0.208. The van der Waals surface area contributed by atoms with Gasteiger partial charge >= 0.3 is 11.6 Å². The minimum Gasteiger partial charge on any atom is -0.497 e. The first-order valence-corrected chi connectivity index (χ1v) is 9.82. The monoisotopic (exact) mass is 419 g/mol. The maximum absolute atomic E-state index is 12.4. The van der Waals surface area contributed by atoms with Gasteiger partial charge in [0.05, 0.1) is 7.11 Å². The molecule has 0 saturated heterocycles. The van der Waals surface area contributed by atoms with Crippen LogP contribution in [0.4, 0.5) is 0 Å². The van der Waals surface area contributed by atoms with Crippen LogP contribution in [-0.4, -0.2) is 18.2 Å². The van der Waals surface area contributed by atoms with Crippen molar-refractivity contribution in [1.29, 1.82) is 0 Å². The molecule has 4 aromatic rings. The van der Waals surface area contributed by atoms with Gasteiger partial charge in [-0.2, -0.15) is 0 Å². The number of carbonyl (C=O) groups excluding carboxylic acids is 1. The molecule has 7 nitrogen and oxygen atoms in total. The average molecular weight is 419 g/mol. The molecule has 0 amide bonds. The fourth-order valence-electron chi connectivity index (χ4n) is 3.36. The fourth-order valence-corrected chi connectivity index (χ4v) is 3.36. The molecule has 0 aliphatic rings. The summed E-state index contributed by atoms with van der Waals surface area (Å²) >= 11 is 0. The van der Waals surface area contributed by atoms with Crippen LogP contribution in [0, 0.1) is 6.92 Å². The molecule has 0 aliphatic carbocycles. The summed E-state index contributed by atoms with van der Waals surface area (Å²) < 4.78 is 21.2. The Morgan fingerprint density at radius 3 is 2.68 bits per heavy atom. The van der Waals surface area contributed by atoms with Crippen molar-refractivity contribution in [1.82, 2.24) is 5.16 Å². The summed E-state index contributed by atoms with van der Waals surface area (Å²) in [6, 6.07) is 16.6. The van der Waals surface area contributed by atoms with E-state index in [1.54, 1.807) is 25.3 Å². The van der Waals surface area contributed by atoms with Crippen molar-refractivity contribution in [3.05, 3.63) is 81.8 Å². The number of benzene rings is 2. The summed E-state index contributed by atoms with van der Waals surface area (Å²) in [7, 11) is 1.55. The van der Waals surface area contributed by atoms with E-state index in [1.165, 1.54) is 0 Å². The Bertz CT molecular complexity index is 1270. The molecule has 0 atom stereocenters. The molecule has 0 fully saturated rings. The minimum absolute atomic E-state index is 0.000269. The molecule has 158 valence electrons. The van der Waals surface area contributed by atoms with Gasteiger partial charge in [0.1, 0.15) is 23.6 Å². The standard InChI is InChI=1S/C24H21NO6/c1-15-19-9-8-18(28-2)13-22(19)30-24(27)20(15)10-11-23(26)29-14-17-12-21(31-25-17)16-6-4-3-5-7-16/h3-9,12-13H,10-11,14H2,1-2H3. The zero-order valence-corrected chi connectivity index (χ0v) is 17.2. The normalized spacial score (nSPS) is 10.9. The number of carbonyl (C=O) groups is 1. The number of fused-ring (bicyclic) bond motifs is 1. The van der Waals surface area contributed by atoms with Crippen LogP contribution in [0.15, 0.2) is 68.3 Å². The zero-order valence-electron chi connectivity index (χ0n) is 17.2. The lowest BCUT2D eigenvalue weighted by Gasteiger charge is -2.08. The molecule has 0 radical (unpaired) electrons. The third-order valence-corrected chi connectivity index (χ3v) is 5.07. The second kappa shape index (κ2) is 8.87. The first kappa shape index (κ1) is 20.4. The van der Waals surface area contributed by atoms with E-state index in [0.29, 0.717) is 28.4 Å². The van der Waals surface area contributed by atoms with E-state index in [0.717, 1.165) is 16.5 Å². The summed E-state index contributed by atoms with van der Waals surface area (Å²) in [5, 5.41) is 4.74. The lowest BCUT2D eigenvalue weighted by Crippen LogP contribution is -2.13. The number of hydrogen-bond acceptors (Lipinski definition) is 7. The van der Waals surface area contributed by atoms with Crippen LogP contribution < -0.4 is 10.4 Å². The highest BCUT2D eigenvalue weighted by molar-refractivity contribution is 5.82. The van der Waals surface area contributed by atoms with E-state index < -0.39 is 11.6 Å². The van der Waals surface area contributed by atoms with Crippen LogP contribution >= 0.6 is 0 Å². The zero-order chi connectivity index (χ0) is 21.8. The Balaban J connectivity index is 1.38. The van der Waals surface area contributed by atoms with Crippen molar-refractivity contribution in [3.63, 3.8) is 0 Å². The summed E-state index contributed by atoms with van der Waals surface area (Å²) in [6.45, 7) is 1.84. The van der Waals surface area contributed by atoms with E-state index in [4.69, 9.17) is 18.4 Å². The summed E-state index contributed by atoms with van der Waals surface area (Å²) in [4.78, 5) is 24.6. The summed E-state index contributed by atoms with van der Waals surface area (Å²) in [5.41, 5.74) is 2.64. The van der Waals surface area contributed by atoms with Crippen LogP contribution in [0.1, 0.15) is 23.2 Å². The second-order valence-corrected chi connectivity index (χ2v) is 7.06. The molecule has 2 aromatic carbocycles. The van der Waals surface area contributed by atoms with Crippen molar-refractivity contribution in [2.24, 2.45) is 0 Å². The van der Waals surface area contributed by atoms with Gasteiger partial charge in [-0.1, -0.05) is 35.5 Å². The summed E-state index contributed by atoms with van der Waals surface area (Å²) in [5.74, 6) is 0.778. The van der Waals surface area contributed by atoms with Crippen LogP contribution in [0.2, 0.25) is 0 Å². The van der Waals surface area contributed by atoms with Gasteiger partial charge in [-0.15, -0.1) is 0 Å². The Morgan fingerprint density at radius 1 is 1.10 bits per heavy atom. The van der Waals surface area contributed by atoms with Crippen LogP contribution in [0.3, 0.4) is 0 Å². The lowest BCUT2D eigenvalue weighted by atomic mass is 10.0. The molecule has 4 rings (SSSR count). The molecule has 0 N–H and O–H groups in total. The van der Waals surface area contributed by atoms with E-state index in [1.807, 2.05) is 43.3 Å². The molecule has 0 bridgehead atoms. The minimum atomic E-state index is -0.463. The van der Waals surface area contributed by atoms with Gasteiger partial charge in [-0.3, -0.25) is 4.79 Å². The van der Waals surface area contributed by atoms with Gasteiger partial charge in [0.25, 0.3) is 0 Å². The first-order valence-electron chi connectivity index (χ1n) is 9.82. The van der Waals surface area contributed by atoms with Gasteiger partial charge < -0.3 is 18.4 Å².